The molecule has 8 heteroatoms. The minimum atomic E-state index is -1.10. The van der Waals surface area contributed by atoms with Crippen LogP contribution in [0.25, 0.3) is 6.08 Å². The van der Waals surface area contributed by atoms with Crippen LogP contribution < -0.4 is 9.47 Å². The highest BCUT2D eigenvalue weighted by Crippen LogP contribution is 2.37. The second-order valence-electron chi connectivity index (χ2n) is 4.68. The fraction of sp³-hybridized carbons (Fsp3) is 0.214. The number of hydrogen-bond acceptors (Lipinski definition) is 6. The molecule has 1 aromatic rings. The number of carboxylic acid groups (broad SMARTS) is 1. The van der Waals surface area contributed by atoms with Crippen molar-refractivity contribution in [3.05, 3.63) is 28.7 Å². The van der Waals surface area contributed by atoms with Crippen LogP contribution in [0.15, 0.2) is 23.1 Å². The van der Waals surface area contributed by atoms with Crippen molar-refractivity contribution in [3.63, 3.8) is 0 Å². The van der Waals surface area contributed by atoms with Gasteiger partial charge in [-0.25, -0.2) is 4.79 Å². The smallest absolute Gasteiger partial charge is 0.326 e. The number of rotatable bonds is 3. The van der Waals surface area contributed by atoms with Crippen molar-refractivity contribution in [3.8, 4) is 11.5 Å². The number of hydrogen-bond donors (Lipinski definition) is 1. The molecule has 1 N–H and O–H groups in total. The third kappa shape index (κ3) is 2.55. The van der Waals surface area contributed by atoms with E-state index >= 15 is 0 Å². The van der Waals surface area contributed by atoms with Crippen LogP contribution in [0.1, 0.15) is 12.5 Å². The fourth-order valence-corrected chi connectivity index (χ4v) is 3.50. The van der Waals surface area contributed by atoms with Gasteiger partial charge in [-0.15, -0.1) is 0 Å². The van der Waals surface area contributed by atoms with Crippen LogP contribution in [0.2, 0.25) is 0 Å². The van der Waals surface area contributed by atoms with Crippen molar-refractivity contribution in [1.29, 1.82) is 0 Å². The molecule has 2 aliphatic heterocycles. The highest BCUT2D eigenvalue weighted by Gasteiger charge is 2.38. The van der Waals surface area contributed by atoms with Gasteiger partial charge in [0.15, 0.2) is 11.5 Å². The first-order valence-corrected chi connectivity index (χ1v) is 7.59. The maximum absolute atomic E-state index is 12.3. The van der Waals surface area contributed by atoms with Crippen molar-refractivity contribution in [2.75, 3.05) is 6.79 Å². The molecular weight excluding hydrogens is 326 g/mol. The Morgan fingerprint density at radius 1 is 1.45 bits per heavy atom. The summed E-state index contributed by atoms with van der Waals surface area (Å²) in [6.07, 6.45) is 1.66. The number of carbonyl (C=O) groups is 2. The molecule has 1 unspecified atom stereocenters. The Hall–Kier alpha value is -2.06. The minimum Gasteiger partial charge on any atom is -0.480 e. The molecule has 2 heterocycles. The molecule has 6 nitrogen and oxygen atoms in total. The third-order valence-electron chi connectivity index (χ3n) is 3.26. The van der Waals surface area contributed by atoms with Crippen molar-refractivity contribution >= 4 is 46.3 Å². The van der Waals surface area contributed by atoms with Crippen LogP contribution in [-0.2, 0) is 9.59 Å². The average molecular weight is 337 g/mol. The van der Waals surface area contributed by atoms with Crippen LogP contribution in [0.4, 0.5) is 0 Å². The van der Waals surface area contributed by atoms with Gasteiger partial charge in [-0.2, -0.15) is 0 Å². The van der Waals surface area contributed by atoms with Gasteiger partial charge in [0.05, 0.1) is 4.91 Å². The molecule has 1 atom stereocenters. The Balaban J connectivity index is 1.88. The zero-order valence-electron chi connectivity index (χ0n) is 11.4. The van der Waals surface area contributed by atoms with Gasteiger partial charge in [-0.3, -0.25) is 9.69 Å². The molecule has 0 aliphatic carbocycles. The maximum Gasteiger partial charge on any atom is 0.326 e. The molecule has 0 bridgehead atoms. The normalized spacial score (nSPS) is 19.9. The molecule has 3 rings (SSSR count). The van der Waals surface area contributed by atoms with Gasteiger partial charge in [0.2, 0.25) is 6.79 Å². The van der Waals surface area contributed by atoms with E-state index in [1.807, 2.05) is 0 Å². The van der Waals surface area contributed by atoms with Crippen LogP contribution in [0.3, 0.4) is 0 Å². The van der Waals surface area contributed by atoms with E-state index in [2.05, 4.69) is 0 Å². The predicted molar refractivity (Wildman–Crippen MR) is 84.7 cm³/mol. The molecule has 1 fully saturated rings. The molecule has 2 aliphatic rings. The lowest BCUT2D eigenvalue weighted by Crippen LogP contribution is -2.41. The number of thiocarbonyl (C=S) groups is 1. The van der Waals surface area contributed by atoms with E-state index in [0.717, 1.165) is 22.2 Å². The van der Waals surface area contributed by atoms with Gasteiger partial charge in [0.25, 0.3) is 5.91 Å². The lowest BCUT2D eigenvalue weighted by Gasteiger charge is -2.18. The van der Waals surface area contributed by atoms with Crippen molar-refractivity contribution in [1.82, 2.24) is 4.90 Å². The summed E-state index contributed by atoms with van der Waals surface area (Å²) < 4.78 is 10.8. The van der Waals surface area contributed by atoms with Crippen molar-refractivity contribution in [2.24, 2.45) is 0 Å². The first kappa shape index (κ1) is 14.9. The van der Waals surface area contributed by atoms with Gasteiger partial charge in [0.1, 0.15) is 10.4 Å². The Morgan fingerprint density at radius 2 is 2.18 bits per heavy atom. The number of ether oxygens (including phenoxy) is 2. The first-order valence-electron chi connectivity index (χ1n) is 6.37. The number of fused-ring (bicyclic) bond motifs is 1. The van der Waals surface area contributed by atoms with E-state index in [4.69, 9.17) is 26.8 Å². The number of carbonyl (C=O) groups excluding carboxylic acids is 1. The molecule has 1 saturated heterocycles. The zero-order chi connectivity index (χ0) is 15.9. The number of amides is 1. The van der Waals surface area contributed by atoms with Crippen LogP contribution in [0.5, 0.6) is 11.5 Å². The Morgan fingerprint density at radius 3 is 2.91 bits per heavy atom. The molecule has 0 saturated carbocycles. The summed E-state index contributed by atoms with van der Waals surface area (Å²) in [7, 11) is 0. The number of thioether (sulfide) groups is 1. The molecule has 0 aromatic heterocycles. The quantitative estimate of drug-likeness (QED) is 0.668. The lowest BCUT2D eigenvalue weighted by atomic mass is 10.2. The van der Waals surface area contributed by atoms with Crippen molar-refractivity contribution in [2.45, 2.75) is 13.0 Å². The predicted octanol–water partition coefficient (Wildman–Crippen LogP) is 2.09. The van der Waals surface area contributed by atoms with E-state index in [0.29, 0.717) is 16.4 Å². The van der Waals surface area contributed by atoms with E-state index < -0.39 is 17.9 Å². The highest BCUT2D eigenvalue weighted by atomic mass is 32.2. The van der Waals surface area contributed by atoms with E-state index in [1.165, 1.54) is 6.92 Å². The van der Waals surface area contributed by atoms with Crippen LogP contribution >= 0.6 is 24.0 Å². The molecule has 22 heavy (non-hydrogen) atoms. The molecule has 0 radical (unpaired) electrons. The molecule has 0 spiro atoms. The van der Waals surface area contributed by atoms with Gasteiger partial charge in [-0.1, -0.05) is 30.0 Å². The summed E-state index contributed by atoms with van der Waals surface area (Å²) in [4.78, 5) is 24.9. The summed E-state index contributed by atoms with van der Waals surface area (Å²) in [5, 5.41) is 9.05. The lowest BCUT2D eigenvalue weighted by molar-refractivity contribution is -0.144. The Bertz CT molecular complexity index is 715. The van der Waals surface area contributed by atoms with Crippen molar-refractivity contribution < 1.29 is 24.2 Å². The average Bonchev–Trinajstić information content (AvgIpc) is 3.03. The fourth-order valence-electron chi connectivity index (χ4n) is 2.08. The summed E-state index contributed by atoms with van der Waals surface area (Å²) in [5.74, 6) is -0.226. The summed E-state index contributed by atoms with van der Waals surface area (Å²) in [6.45, 7) is 1.60. The summed E-state index contributed by atoms with van der Waals surface area (Å²) in [6, 6.07) is 4.32. The van der Waals surface area contributed by atoms with Gasteiger partial charge in [-0.05, 0) is 30.7 Å². The number of aliphatic carboxylic acids is 1. The van der Waals surface area contributed by atoms with Crippen LogP contribution in [0, 0.1) is 0 Å². The molecule has 1 aromatic carbocycles. The second-order valence-corrected chi connectivity index (χ2v) is 6.35. The molecular formula is C14H11NO5S2. The van der Waals surface area contributed by atoms with Gasteiger partial charge in [0, 0.05) is 0 Å². The topological polar surface area (TPSA) is 76.1 Å². The summed E-state index contributed by atoms with van der Waals surface area (Å²) >= 11 is 6.19. The summed E-state index contributed by atoms with van der Waals surface area (Å²) in [5.41, 5.74) is 0.757. The highest BCUT2D eigenvalue weighted by molar-refractivity contribution is 8.26. The van der Waals surface area contributed by atoms with E-state index in [-0.39, 0.29) is 11.1 Å². The van der Waals surface area contributed by atoms with Crippen LogP contribution in [-0.4, -0.2) is 39.0 Å². The SMILES string of the molecule is CC(C(=O)O)N1C(=O)C(=Cc2ccc3c(c2)OCO3)SC1=S. The monoisotopic (exact) mass is 337 g/mol. The number of carboxylic acids is 1. The second kappa shape index (κ2) is 5.62. The zero-order valence-corrected chi connectivity index (χ0v) is 13.1. The third-order valence-corrected chi connectivity index (χ3v) is 4.59. The van der Waals surface area contributed by atoms with Gasteiger partial charge >= 0.3 is 5.97 Å². The number of benzene rings is 1. The molecule has 1 amide bonds. The number of nitrogens with zero attached hydrogens (tertiary/aromatic N) is 1. The largest absolute Gasteiger partial charge is 0.480 e. The van der Waals surface area contributed by atoms with Gasteiger partial charge < -0.3 is 14.6 Å². The van der Waals surface area contributed by atoms with E-state index in [9.17, 15) is 9.59 Å². The molecule has 114 valence electrons. The maximum atomic E-state index is 12.3. The van der Waals surface area contributed by atoms with E-state index in [1.54, 1.807) is 24.3 Å². The Labute approximate surface area is 135 Å². The minimum absolute atomic E-state index is 0.178. The first-order chi connectivity index (χ1) is 10.5. The standard InChI is InChI=1S/C14H11NO5S2/c1-7(13(17)18)15-12(16)11(22-14(15)21)5-8-2-3-9-10(4-8)20-6-19-9/h2-5,7H,6H2,1H3,(H,17,18). The Kier molecular flexibility index (Phi) is 3.79.